The molecule has 0 radical (unpaired) electrons. The second-order valence-electron chi connectivity index (χ2n) is 11.1. The van der Waals surface area contributed by atoms with Gasteiger partial charge in [-0.2, -0.15) is 0 Å². The van der Waals surface area contributed by atoms with E-state index in [4.69, 9.17) is 14.2 Å². The molecule has 4 rings (SSSR count). The summed E-state index contributed by atoms with van der Waals surface area (Å²) in [6, 6.07) is 7.01. The molecule has 12 nitrogen and oxygen atoms in total. The van der Waals surface area contributed by atoms with Gasteiger partial charge in [0.25, 0.3) is 5.91 Å². The minimum absolute atomic E-state index is 0.0252. The van der Waals surface area contributed by atoms with E-state index in [-0.39, 0.29) is 48.0 Å². The number of pyridine rings is 2. The maximum atomic E-state index is 12.8. The lowest BCUT2D eigenvalue weighted by molar-refractivity contribution is -0.149. The largest absolute Gasteiger partial charge is 0.466 e. The van der Waals surface area contributed by atoms with E-state index < -0.39 is 5.92 Å². The van der Waals surface area contributed by atoms with E-state index in [0.717, 1.165) is 36.9 Å². The lowest BCUT2D eigenvalue weighted by Crippen LogP contribution is -2.36. The van der Waals surface area contributed by atoms with Gasteiger partial charge in [-0.3, -0.25) is 29.1 Å². The number of esters is 1. The maximum Gasteiger partial charge on any atom is 0.308 e. The Morgan fingerprint density at radius 3 is 2.32 bits per heavy atom. The molecule has 2 aliphatic rings. The molecular formula is C32H43N5O7. The van der Waals surface area contributed by atoms with Crippen molar-refractivity contribution in [3.63, 3.8) is 0 Å². The highest BCUT2D eigenvalue weighted by atomic mass is 16.5. The second kappa shape index (κ2) is 16.8. The fraction of sp³-hybridized carbons (Fsp3) is 0.562. The second-order valence-corrected chi connectivity index (χ2v) is 11.1. The Hall–Kier alpha value is -3.90. The molecule has 0 spiro atoms. The quantitative estimate of drug-likeness (QED) is 0.229. The number of aromatic nitrogens is 2. The fourth-order valence-electron chi connectivity index (χ4n) is 5.82. The monoisotopic (exact) mass is 609 g/mol. The van der Waals surface area contributed by atoms with Crippen LogP contribution >= 0.6 is 0 Å². The third kappa shape index (κ3) is 9.06. The fourth-order valence-corrected chi connectivity index (χ4v) is 5.82. The van der Waals surface area contributed by atoms with Gasteiger partial charge in [-0.05, 0) is 56.4 Å². The summed E-state index contributed by atoms with van der Waals surface area (Å²) >= 11 is 0. The molecule has 12 heteroatoms. The zero-order valence-electron chi connectivity index (χ0n) is 25.5. The van der Waals surface area contributed by atoms with Crippen LogP contribution in [0.4, 0.5) is 0 Å². The molecule has 44 heavy (non-hydrogen) atoms. The molecule has 1 aliphatic carbocycles. The topological polar surface area (TPSA) is 149 Å². The summed E-state index contributed by atoms with van der Waals surface area (Å²) in [5, 5.41) is 5.69. The number of ether oxygens (including phenoxy) is 3. The van der Waals surface area contributed by atoms with E-state index in [1.165, 1.54) is 0 Å². The Balaban J connectivity index is 1.04. The molecule has 1 aliphatic heterocycles. The maximum absolute atomic E-state index is 12.8. The summed E-state index contributed by atoms with van der Waals surface area (Å²) in [6.45, 7) is 4.25. The van der Waals surface area contributed by atoms with Crippen LogP contribution in [0.2, 0.25) is 0 Å². The number of nitrogens with one attached hydrogen (secondary N) is 2. The van der Waals surface area contributed by atoms with E-state index >= 15 is 0 Å². The van der Waals surface area contributed by atoms with Crippen molar-refractivity contribution >= 4 is 23.7 Å². The summed E-state index contributed by atoms with van der Waals surface area (Å²) in [4.78, 5) is 59.7. The number of hydrogen-bond donors (Lipinski definition) is 2. The summed E-state index contributed by atoms with van der Waals surface area (Å²) in [5.74, 6) is -0.792. The number of carbonyl (C=O) groups is 4. The van der Waals surface area contributed by atoms with Crippen LogP contribution < -0.4 is 10.6 Å². The number of hydrogen-bond acceptors (Lipinski definition) is 9. The molecule has 3 amide bonds. The van der Waals surface area contributed by atoms with Crippen molar-refractivity contribution in [1.82, 2.24) is 25.5 Å². The van der Waals surface area contributed by atoms with Gasteiger partial charge in [0.2, 0.25) is 11.8 Å². The minimum atomic E-state index is -0.479. The van der Waals surface area contributed by atoms with Crippen LogP contribution in [-0.2, 0) is 28.6 Å². The van der Waals surface area contributed by atoms with Crippen molar-refractivity contribution in [2.75, 3.05) is 53.2 Å². The molecular weight excluding hydrogens is 566 g/mol. The van der Waals surface area contributed by atoms with Crippen molar-refractivity contribution in [2.45, 2.75) is 51.0 Å². The van der Waals surface area contributed by atoms with Gasteiger partial charge in [-0.1, -0.05) is 6.07 Å². The molecule has 2 aromatic rings. The first-order chi connectivity index (χ1) is 21.4. The standard InChI is InChI=1S/C32H43N5O7/c1-3-44-32(41)23-8-6-22(7-9-23)27-11-10-25(21-36-27)30(39)34-13-15-42-17-18-43-16-14-35-31(40)26-19-28(38)37(2)29(26)24-5-4-12-33-20-24/h4-5,10-12,20-23,26,29H,3,6-9,13-19H2,1-2H3,(H,34,39)(H,35,40)/t22?,23?,26-,29+/m0/s1. The zero-order chi connectivity index (χ0) is 31.3. The van der Waals surface area contributed by atoms with Gasteiger partial charge in [0.1, 0.15) is 0 Å². The van der Waals surface area contributed by atoms with Crippen molar-refractivity contribution in [2.24, 2.45) is 11.8 Å². The van der Waals surface area contributed by atoms with Crippen molar-refractivity contribution in [1.29, 1.82) is 0 Å². The molecule has 3 heterocycles. The highest BCUT2D eigenvalue weighted by Gasteiger charge is 2.42. The molecule has 2 atom stereocenters. The molecule has 2 N–H and O–H groups in total. The van der Waals surface area contributed by atoms with E-state index in [2.05, 4.69) is 20.6 Å². The zero-order valence-corrected chi connectivity index (χ0v) is 25.5. The Kier molecular flexibility index (Phi) is 12.6. The molecule has 2 fully saturated rings. The number of rotatable bonds is 15. The molecule has 1 saturated carbocycles. The van der Waals surface area contributed by atoms with E-state index in [1.54, 1.807) is 42.7 Å². The van der Waals surface area contributed by atoms with E-state index in [1.807, 2.05) is 19.1 Å². The van der Waals surface area contributed by atoms with Crippen LogP contribution in [0.25, 0.3) is 0 Å². The van der Waals surface area contributed by atoms with Gasteiger partial charge in [-0.15, -0.1) is 0 Å². The smallest absolute Gasteiger partial charge is 0.308 e. The molecule has 0 aromatic carbocycles. The lowest BCUT2D eigenvalue weighted by atomic mass is 9.80. The third-order valence-corrected chi connectivity index (χ3v) is 8.21. The lowest BCUT2D eigenvalue weighted by Gasteiger charge is -2.26. The predicted molar refractivity (Wildman–Crippen MR) is 160 cm³/mol. The third-order valence-electron chi connectivity index (χ3n) is 8.21. The Morgan fingerprint density at radius 2 is 1.68 bits per heavy atom. The first-order valence-corrected chi connectivity index (χ1v) is 15.4. The summed E-state index contributed by atoms with van der Waals surface area (Å²) in [5.41, 5.74) is 2.27. The van der Waals surface area contributed by atoms with Gasteiger partial charge in [-0.25, -0.2) is 0 Å². The summed E-state index contributed by atoms with van der Waals surface area (Å²) in [6.07, 6.45) is 8.46. The first kappa shape index (κ1) is 33.0. The number of carbonyl (C=O) groups excluding carboxylic acids is 4. The van der Waals surface area contributed by atoms with Gasteiger partial charge < -0.3 is 29.7 Å². The van der Waals surface area contributed by atoms with Crippen LogP contribution in [0.5, 0.6) is 0 Å². The van der Waals surface area contributed by atoms with Crippen LogP contribution in [0, 0.1) is 11.8 Å². The van der Waals surface area contributed by atoms with Crippen LogP contribution in [-0.4, -0.2) is 91.7 Å². The molecule has 0 bridgehead atoms. The molecule has 238 valence electrons. The average Bonchev–Trinajstić information content (AvgIpc) is 3.36. The SMILES string of the molecule is CCOC(=O)C1CCC(c2ccc(C(=O)NCCOCCOCCNC(=O)[C@H]3CC(=O)N(C)[C@@H]3c3cccnc3)cn2)CC1. The average molecular weight is 610 g/mol. The van der Waals surface area contributed by atoms with Crippen LogP contribution in [0.1, 0.15) is 72.6 Å². The van der Waals surface area contributed by atoms with Gasteiger partial charge in [0, 0.05) is 56.8 Å². The van der Waals surface area contributed by atoms with Crippen molar-refractivity contribution < 1.29 is 33.4 Å². The van der Waals surface area contributed by atoms with Gasteiger partial charge in [0.15, 0.2) is 0 Å². The highest BCUT2D eigenvalue weighted by molar-refractivity contribution is 5.93. The summed E-state index contributed by atoms with van der Waals surface area (Å²) < 4.78 is 16.2. The van der Waals surface area contributed by atoms with Gasteiger partial charge in [0.05, 0.1) is 56.5 Å². The van der Waals surface area contributed by atoms with E-state index in [0.29, 0.717) is 51.7 Å². The molecule has 1 saturated heterocycles. The van der Waals surface area contributed by atoms with Crippen molar-refractivity contribution in [3.05, 3.63) is 59.7 Å². The number of likely N-dealkylation sites (tertiary alicyclic amines) is 1. The number of nitrogens with zero attached hydrogens (tertiary/aromatic N) is 3. The Bertz CT molecular complexity index is 1240. The molecule has 0 unspecified atom stereocenters. The summed E-state index contributed by atoms with van der Waals surface area (Å²) in [7, 11) is 1.71. The van der Waals surface area contributed by atoms with Crippen molar-refractivity contribution in [3.8, 4) is 0 Å². The van der Waals surface area contributed by atoms with Crippen LogP contribution in [0.3, 0.4) is 0 Å². The minimum Gasteiger partial charge on any atom is -0.466 e. The Morgan fingerprint density at radius 1 is 0.955 bits per heavy atom. The normalized spacial score (nSPS) is 21.6. The Labute approximate surface area is 258 Å². The number of amides is 3. The predicted octanol–water partition coefficient (Wildman–Crippen LogP) is 2.41. The first-order valence-electron chi connectivity index (χ1n) is 15.4. The highest BCUT2D eigenvalue weighted by Crippen LogP contribution is 2.37. The van der Waals surface area contributed by atoms with Crippen LogP contribution in [0.15, 0.2) is 42.9 Å². The van der Waals surface area contributed by atoms with Gasteiger partial charge >= 0.3 is 5.97 Å². The van der Waals surface area contributed by atoms with E-state index in [9.17, 15) is 19.2 Å². The molecule has 2 aromatic heterocycles.